The zero-order chi connectivity index (χ0) is 24.8. The summed E-state index contributed by atoms with van der Waals surface area (Å²) >= 11 is 6.37. The second-order valence-corrected chi connectivity index (χ2v) is 9.43. The SMILES string of the molecule is Clc1ccc2nc(N3N=C(c4ccccc4)C[C@H]3c3ccc4c(c3)OCO4)nc(-c3ccccc3)c2c1. The first-order valence-corrected chi connectivity index (χ1v) is 12.5. The molecule has 0 N–H and O–H groups in total. The number of benzene rings is 4. The summed E-state index contributed by atoms with van der Waals surface area (Å²) in [5, 5.41) is 8.54. The summed E-state index contributed by atoms with van der Waals surface area (Å²) in [6.07, 6.45) is 0.701. The van der Waals surface area contributed by atoms with Gasteiger partial charge in [0.2, 0.25) is 12.7 Å². The second-order valence-electron chi connectivity index (χ2n) is 8.99. The zero-order valence-corrected chi connectivity index (χ0v) is 20.5. The summed E-state index contributed by atoms with van der Waals surface area (Å²) in [5.41, 5.74) is 5.72. The van der Waals surface area contributed by atoms with Crippen molar-refractivity contribution in [1.82, 2.24) is 9.97 Å². The maximum atomic E-state index is 6.37. The molecule has 7 rings (SSSR count). The highest BCUT2D eigenvalue weighted by molar-refractivity contribution is 6.31. The molecule has 0 radical (unpaired) electrons. The molecule has 0 unspecified atom stereocenters. The van der Waals surface area contributed by atoms with Gasteiger partial charge in [0.05, 0.1) is 23.0 Å². The highest BCUT2D eigenvalue weighted by Crippen LogP contribution is 2.41. The van der Waals surface area contributed by atoms with Gasteiger partial charge in [-0.3, -0.25) is 0 Å². The quantitative estimate of drug-likeness (QED) is 0.263. The van der Waals surface area contributed by atoms with Crippen LogP contribution in [0.3, 0.4) is 0 Å². The van der Waals surface area contributed by atoms with Crippen LogP contribution in [0.2, 0.25) is 5.02 Å². The predicted octanol–water partition coefficient (Wildman–Crippen LogP) is 7.03. The average molecular weight is 505 g/mol. The highest BCUT2D eigenvalue weighted by Gasteiger charge is 2.33. The number of nitrogens with zero attached hydrogens (tertiary/aromatic N) is 4. The van der Waals surface area contributed by atoms with E-state index in [1.807, 2.05) is 83.9 Å². The van der Waals surface area contributed by atoms with E-state index in [0.717, 1.165) is 50.5 Å². The molecule has 6 nitrogen and oxygen atoms in total. The van der Waals surface area contributed by atoms with E-state index in [1.165, 1.54) is 0 Å². The Labute approximate surface area is 218 Å². The van der Waals surface area contributed by atoms with Crippen LogP contribution in [-0.4, -0.2) is 22.5 Å². The van der Waals surface area contributed by atoms with E-state index in [2.05, 4.69) is 18.2 Å². The van der Waals surface area contributed by atoms with Crippen LogP contribution in [0.4, 0.5) is 5.95 Å². The van der Waals surface area contributed by atoms with Crippen LogP contribution in [-0.2, 0) is 0 Å². The fourth-order valence-corrected chi connectivity index (χ4v) is 5.06. The molecule has 0 bridgehead atoms. The Hall–Kier alpha value is -4.42. The number of hydrogen-bond acceptors (Lipinski definition) is 6. The van der Waals surface area contributed by atoms with Crippen LogP contribution in [0.1, 0.15) is 23.6 Å². The molecule has 180 valence electrons. The molecule has 0 saturated heterocycles. The molecule has 4 aromatic carbocycles. The van der Waals surface area contributed by atoms with Gasteiger partial charge in [-0.25, -0.2) is 15.0 Å². The maximum Gasteiger partial charge on any atom is 0.247 e. The minimum Gasteiger partial charge on any atom is -0.454 e. The van der Waals surface area contributed by atoms with Gasteiger partial charge in [-0.15, -0.1) is 0 Å². The van der Waals surface area contributed by atoms with E-state index in [1.54, 1.807) is 0 Å². The molecule has 7 heteroatoms. The molecule has 0 saturated carbocycles. The minimum atomic E-state index is -0.113. The fraction of sp³-hybridized carbons (Fsp3) is 0.100. The minimum absolute atomic E-state index is 0.113. The van der Waals surface area contributed by atoms with Gasteiger partial charge in [0.1, 0.15) is 0 Å². The van der Waals surface area contributed by atoms with Crippen molar-refractivity contribution in [3.63, 3.8) is 0 Å². The Morgan fingerprint density at radius 1 is 0.757 bits per heavy atom. The Morgan fingerprint density at radius 3 is 2.32 bits per heavy atom. The van der Waals surface area contributed by atoms with Crippen molar-refractivity contribution in [3.05, 3.63) is 113 Å². The summed E-state index contributed by atoms with van der Waals surface area (Å²) in [5.74, 6) is 2.02. The van der Waals surface area contributed by atoms with Crippen molar-refractivity contribution in [1.29, 1.82) is 0 Å². The highest BCUT2D eigenvalue weighted by atomic mass is 35.5. The van der Waals surface area contributed by atoms with Crippen LogP contribution >= 0.6 is 11.6 Å². The molecule has 0 amide bonds. The average Bonchev–Trinajstić information content (AvgIpc) is 3.61. The van der Waals surface area contributed by atoms with Crippen LogP contribution in [0, 0.1) is 0 Å². The van der Waals surface area contributed by atoms with E-state index in [4.69, 9.17) is 36.1 Å². The van der Waals surface area contributed by atoms with Crippen LogP contribution in [0.5, 0.6) is 11.5 Å². The van der Waals surface area contributed by atoms with E-state index in [9.17, 15) is 0 Å². The Kier molecular flexibility index (Phi) is 5.26. The molecule has 5 aromatic rings. The molecule has 1 aromatic heterocycles. The number of halogens is 1. The Bertz CT molecular complexity index is 1660. The number of hydrogen-bond donors (Lipinski definition) is 0. The Balaban J connectivity index is 1.41. The summed E-state index contributed by atoms with van der Waals surface area (Å²) in [6.45, 7) is 0.232. The zero-order valence-electron chi connectivity index (χ0n) is 19.7. The molecular weight excluding hydrogens is 484 g/mol. The van der Waals surface area contributed by atoms with Crippen molar-refractivity contribution in [3.8, 4) is 22.8 Å². The third kappa shape index (κ3) is 3.96. The molecule has 0 fully saturated rings. The lowest BCUT2D eigenvalue weighted by atomic mass is 9.98. The lowest BCUT2D eigenvalue weighted by Gasteiger charge is -2.23. The van der Waals surface area contributed by atoms with Gasteiger partial charge < -0.3 is 9.47 Å². The molecular formula is C30H21ClN4O2. The van der Waals surface area contributed by atoms with Crippen molar-refractivity contribution in [2.24, 2.45) is 5.10 Å². The van der Waals surface area contributed by atoms with E-state index in [-0.39, 0.29) is 12.8 Å². The van der Waals surface area contributed by atoms with Gasteiger partial charge in [-0.05, 0) is 41.5 Å². The van der Waals surface area contributed by atoms with E-state index >= 15 is 0 Å². The summed E-state index contributed by atoms with van der Waals surface area (Å²) in [4.78, 5) is 10.0. The van der Waals surface area contributed by atoms with Gasteiger partial charge >= 0.3 is 0 Å². The van der Waals surface area contributed by atoms with E-state index in [0.29, 0.717) is 17.4 Å². The van der Waals surface area contributed by atoms with Crippen LogP contribution < -0.4 is 14.5 Å². The third-order valence-electron chi connectivity index (χ3n) is 6.70. The monoisotopic (exact) mass is 504 g/mol. The fourth-order valence-electron chi connectivity index (χ4n) is 4.89. The lowest BCUT2D eigenvalue weighted by Crippen LogP contribution is -2.21. The van der Waals surface area contributed by atoms with Crippen LogP contribution in [0.15, 0.2) is 102 Å². The van der Waals surface area contributed by atoms with Gasteiger partial charge in [-0.1, -0.05) is 78.3 Å². The number of rotatable bonds is 4. The number of ether oxygens (including phenoxy) is 2. The first kappa shape index (κ1) is 21.8. The van der Waals surface area contributed by atoms with Crippen molar-refractivity contribution in [2.45, 2.75) is 12.5 Å². The van der Waals surface area contributed by atoms with Crippen molar-refractivity contribution < 1.29 is 9.47 Å². The van der Waals surface area contributed by atoms with Crippen LogP contribution in [0.25, 0.3) is 22.2 Å². The smallest absolute Gasteiger partial charge is 0.247 e. The molecule has 0 spiro atoms. The number of anilines is 1. The van der Waals surface area contributed by atoms with Gasteiger partial charge in [0.25, 0.3) is 0 Å². The third-order valence-corrected chi connectivity index (χ3v) is 6.93. The van der Waals surface area contributed by atoms with Gasteiger partial charge in [0.15, 0.2) is 11.5 Å². The summed E-state index contributed by atoms with van der Waals surface area (Å²) < 4.78 is 11.2. The lowest BCUT2D eigenvalue weighted by molar-refractivity contribution is 0.174. The summed E-state index contributed by atoms with van der Waals surface area (Å²) in [6, 6.07) is 32.0. The molecule has 3 heterocycles. The maximum absolute atomic E-state index is 6.37. The number of hydrazone groups is 1. The number of aromatic nitrogens is 2. The first-order chi connectivity index (χ1) is 18.2. The first-order valence-electron chi connectivity index (χ1n) is 12.1. The van der Waals surface area contributed by atoms with Gasteiger partial charge in [0, 0.05) is 22.4 Å². The topological polar surface area (TPSA) is 59.8 Å². The van der Waals surface area contributed by atoms with Crippen molar-refractivity contribution in [2.75, 3.05) is 11.8 Å². The molecule has 0 aliphatic carbocycles. The van der Waals surface area contributed by atoms with Gasteiger partial charge in [-0.2, -0.15) is 5.10 Å². The number of fused-ring (bicyclic) bond motifs is 2. The normalized spacial score (nSPS) is 16.3. The summed E-state index contributed by atoms with van der Waals surface area (Å²) in [7, 11) is 0. The largest absolute Gasteiger partial charge is 0.454 e. The molecule has 1 atom stereocenters. The molecule has 2 aliphatic heterocycles. The second kappa shape index (κ2) is 8.91. The molecule has 37 heavy (non-hydrogen) atoms. The van der Waals surface area contributed by atoms with E-state index < -0.39 is 0 Å². The van der Waals surface area contributed by atoms with Crippen molar-refractivity contribution >= 4 is 34.2 Å². The standard InChI is InChI=1S/C30H21ClN4O2/c31-22-12-13-24-23(16-22)29(20-9-5-2-6-10-20)33-30(32-24)35-26(17-25(34-35)19-7-3-1-4-8-19)21-11-14-27-28(15-21)37-18-36-27/h1-16,26H,17-18H2/t26-/m0/s1. The Morgan fingerprint density at radius 2 is 1.51 bits per heavy atom. The predicted molar refractivity (Wildman–Crippen MR) is 145 cm³/mol. The molecule has 2 aliphatic rings.